The highest BCUT2D eigenvalue weighted by Gasteiger charge is 2.50. The van der Waals surface area contributed by atoms with Crippen LogP contribution in [-0.2, 0) is 32.5 Å². The molecule has 4 aromatic rings. The van der Waals surface area contributed by atoms with Crippen LogP contribution in [0.15, 0.2) is 30.3 Å². The fourth-order valence-corrected chi connectivity index (χ4v) is 10.3. The number of rotatable bonds is 7. The van der Waals surface area contributed by atoms with Crippen molar-refractivity contribution in [1.82, 2.24) is 29.5 Å². The van der Waals surface area contributed by atoms with Crippen molar-refractivity contribution in [2.45, 2.75) is 95.7 Å². The molecule has 11 rings (SSSR count). The Morgan fingerprint density at radius 3 is 2.75 bits per heavy atom. The van der Waals surface area contributed by atoms with Gasteiger partial charge in [0, 0.05) is 67.9 Å². The number of hydrogen-bond donors (Lipinski definition) is 1. The van der Waals surface area contributed by atoms with Gasteiger partial charge in [-0.15, -0.1) is 0 Å². The van der Waals surface area contributed by atoms with E-state index in [1.165, 1.54) is 6.07 Å². The third-order valence-electron chi connectivity index (χ3n) is 13.0. The molecule has 2 aromatic heterocycles. The summed E-state index contributed by atoms with van der Waals surface area (Å²) in [7, 11) is 0. The number of amides is 1. The van der Waals surface area contributed by atoms with E-state index in [1.54, 1.807) is 18.2 Å². The summed E-state index contributed by atoms with van der Waals surface area (Å²) in [5, 5.41) is 17.2. The monoisotopic (exact) mass is 724 g/mol. The van der Waals surface area contributed by atoms with E-state index in [9.17, 15) is 14.3 Å². The Bertz CT molecular complexity index is 2120. The van der Waals surface area contributed by atoms with E-state index in [0.717, 1.165) is 91.0 Å². The second-order valence-corrected chi connectivity index (χ2v) is 16.2. The van der Waals surface area contributed by atoms with Gasteiger partial charge in [0.25, 0.3) is 5.91 Å². The first-order valence-corrected chi connectivity index (χ1v) is 19.5. The highest BCUT2D eigenvalue weighted by atomic mass is 19.1. The van der Waals surface area contributed by atoms with Crippen LogP contribution < -0.4 is 14.5 Å². The molecule has 53 heavy (non-hydrogen) atoms. The third-order valence-corrected chi connectivity index (χ3v) is 13.0. The van der Waals surface area contributed by atoms with Gasteiger partial charge in [-0.25, -0.2) is 8.78 Å². The van der Waals surface area contributed by atoms with Crippen molar-refractivity contribution in [3.63, 3.8) is 0 Å². The van der Waals surface area contributed by atoms with E-state index in [2.05, 4.69) is 14.7 Å². The number of benzene rings is 2. The zero-order valence-corrected chi connectivity index (χ0v) is 30.2. The Kier molecular flexibility index (Phi) is 7.82. The number of carbonyl (C=O) groups is 1. The van der Waals surface area contributed by atoms with Gasteiger partial charge in [-0.3, -0.25) is 14.4 Å². The maximum atomic E-state index is 15.2. The number of phenols is 1. The van der Waals surface area contributed by atoms with E-state index in [-0.39, 0.29) is 29.0 Å². The third kappa shape index (κ3) is 5.51. The minimum Gasteiger partial charge on any atom is -0.508 e. The van der Waals surface area contributed by atoms with E-state index in [1.807, 2.05) is 22.6 Å². The molecular formula is C40H46F2N8O3. The topological polar surface area (TPSA) is 103 Å². The molecule has 4 saturated heterocycles. The van der Waals surface area contributed by atoms with Crippen LogP contribution >= 0.6 is 0 Å². The Morgan fingerprint density at radius 1 is 1.04 bits per heavy atom. The highest BCUT2D eigenvalue weighted by Crippen LogP contribution is 2.43. The second kappa shape index (κ2) is 12.5. The lowest BCUT2D eigenvalue weighted by Gasteiger charge is -2.35. The number of aromatic nitrogens is 4. The maximum Gasteiger partial charge on any atom is 0.318 e. The van der Waals surface area contributed by atoms with Crippen molar-refractivity contribution in [2.24, 2.45) is 5.92 Å². The quantitative estimate of drug-likeness (QED) is 0.269. The zero-order chi connectivity index (χ0) is 36.0. The first-order valence-electron chi connectivity index (χ1n) is 19.5. The molecule has 7 aliphatic rings. The summed E-state index contributed by atoms with van der Waals surface area (Å²) in [6, 6.07) is 9.21. The molecule has 0 radical (unpaired) electrons. The number of halogens is 2. The fourth-order valence-electron chi connectivity index (χ4n) is 10.3. The lowest BCUT2D eigenvalue weighted by Crippen LogP contribution is -2.43. The SMILES string of the molecule is CCc1c(F)ccc2cc(O)cc(N3CCc4c(nc(OC[C@@]56CCCN5C[C@H](F)C6)nc4N4CCCn5nc(C(=O)N6CC7CC6C7)cc5C4)C3)c12. The largest absolute Gasteiger partial charge is 0.508 e. The van der Waals surface area contributed by atoms with Crippen molar-refractivity contribution in [3.8, 4) is 11.8 Å². The molecule has 1 saturated carbocycles. The number of carbonyl (C=O) groups excluding carboxylic acids is 1. The number of fused-ring (bicyclic) bond motifs is 5. The number of phenolic OH excluding ortho intramolecular Hbond substituents is 1. The van der Waals surface area contributed by atoms with Gasteiger partial charge in [0.05, 0.1) is 30.0 Å². The van der Waals surface area contributed by atoms with Gasteiger partial charge in [0.1, 0.15) is 30.2 Å². The molecular weight excluding hydrogens is 678 g/mol. The molecule has 2 bridgehead atoms. The van der Waals surface area contributed by atoms with Crippen LogP contribution in [0.2, 0.25) is 0 Å². The first kappa shape index (κ1) is 33.1. The van der Waals surface area contributed by atoms with Gasteiger partial charge in [-0.05, 0) is 86.6 Å². The number of aryl methyl sites for hydroxylation is 2. The first-order chi connectivity index (χ1) is 25.7. The van der Waals surface area contributed by atoms with Crippen LogP contribution in [0.25, 0.3) is 10.8 Å². The summed E-state index contributed by atoms with van der Waals surface area (Å²) in [5.74, 6) is 1.36. The van der Waals surface area contributed by atoms with Gasteiger partial charge in [0.2, 0.25) is 0 Å². The summed E-state index contributed by atoms with van der Waals surface area (Å²) in [6.07, 6.45) is 5.70. The smallest absolute Gasteiger partial charge is 0.318 e. The molecule has 11 nitrogen and oxygen atoms in total. The molecule has 278 valence electrons. The van der Waals surface area contributed by atoms with E-state index >= 15 is 4.39 Å². The number of aromatic hydroxyl groups is 1. The van der Waals surface area contributed by atoms with Crippen molar-refractivity contribution in [2.75, 3.05) is 49.1 Å². The Hall–Kier alpha value is -4.52. The van der Waals surface area contributed by atoms with Gasteiger partial charge in [0.15, 0.2) is 5.69 Å². The van der Waals surface area contributed by atoms with Gasteiger partial charge in [-0.1, -0.05) is 13.0 Å². The average Bonchev–Trinajstić information content (AvgIpc) is 3.95. The molecule has 2 atom stereocenters. The van der Waals surface area contributed by atoms with E-state index < -0.39 is 6.17 Å². The molecule has 0 unspecified atom stereocenters. The molecule has 13 heteroatoms. The van der Waals surface area contributed by atoms with Crippen molar-refractivity contribution in [3.05, 3.63) is 64.4 Å². The van der Waals surface area contributed by atoms with Crippen LogP contribution in [0.1, 0.15) is 78.5 Å². The lowest BCUT2D eigenvalue weighted by atomic mass is 9.86. The van der Waals surface area contributed by atoms with Crippen LogP contribution in [0, 0.1) is 11.7 Å². The predicted octanol–water partition coefficient (Wildman–Crippen LogP) is 5.40. The summed E-state index contributed by atoms with van der Waals surface area (Å²) in [5.41, 5.74) is 4.40. The number of alkyl halides is 1. The summed E-state index contributed by atoms with van der Waals surface area (Å²) >= 11 is 0. The number of hydrogen-bond acceptors (Lipinski definition) is 9. The van der Waals surface area contributed by atoms with Crippen LogP contribution in [0.4, 0.5) is 20.3 Å². The Morgan fingerprint density at radius 2 is 1.92 bits per heavy atom. The fraction of sp³-hybridized carbons (Fsp3) is 0.550. The van der Waals surface area contributed by atoms with Gasteiger partial charge in [-0.2, -0.15) is 15.1 Å². The maximum absolute atomic E-state index is 15.2. The summed E-state index contributed by atoms with van der Waals surface area (Å²) in [6.45, 7) is 7.46. The molecule has 1 N–H and O–H groups in total. The van der Waals surface area contributed by atoms with Crippen molar-refractivity contribution in [1.29, 1.82) is 0 Å². The molecule has 2 aromatic carbocycles. The summed E-state index contributed by atoms with van der Waals surface area (Å²) in [4.78, 5) is 32.3. The molecule has 5 fully saturated rings. The van der Waals surface area contributed by atoms with Crippen molar-refractivity contribution >= 4 is 28.2 Å². The molecule has 0 spiro atoms. The number of anilines is 2. The Balaban J connectivity index is 1.00. The molecule has 6 aliphatic heterocycles. The Labute approximate surface area is 307 Å². The van der Waals surface area contributed by atoms with Crippen LogP contribution in [0.5, 0.6) is 11.8 Å². The van der Waals surface area contributed by atoms with Crippen molar-refractivity contribution < 1.29 is 23.4 Å². The minimum atomic E-state index is -0.864. The van der Waals surface area contributed by atoms with Crippen LogP contribution in [0.3, 0.4) is 0 Å². The normalized spacial score (nSPS) is 26.4. The zero-order valence-electron chi connectivity index (χ0n) is 30.2. The predicted molar refractivity (Wildman–Crippen MR) is 196 cm³/mol. The molecule has 1 aliphatic carbocycles. The van der Waals surface area contributed by atoms with E-state index in [0.29, 0.717) is 81.8 Å². The summed E-state index contributed by atoms with van der Waals surface area (Å²) < 4.78 is 38.3. The molecule has 8 heterocycles. The standard InChI is InChI=1S/C40H46F2N8O3/c1-2-30-32(42)6-5-25-15-29(51)17-35(36(25)30)46-12-7-31-34(22-46)43-39(53-23-40-8-3-10-48(40)20-26(41)18-40)44-37(31)47-9-4-11-50-28(21-47)16-33(45-50)38(52)49-19-24-13-27(49)14-24/h5-6,15-17,24,26-27,51H,2-4,7-14,18-23H2,1H3/t24?,26-,27?,40+/m1/s1. The van der Waals surface area contributed by atoms with Crippen LogP contribution in [-0.4, -0.2) is 97.6 Å². The highest BCUT2D eigenvalue weighted by molar-refractivity contribution is 5.98. The average molecular weight is 725 g/mol. The molecule has 1 amide bonds. The van der Waals surface area contributed by atoms with E-state index in [4.69, 9.17) is 19.8 Å². The lowest BCUT2D eigenvalue weighted by molar-refractivity contribution is 0.0744. The number of nitrogens with zero attached hydrogens (tertiary/aromatic N) is 8. The minimum absolute atomic E-state index is 0.0330. The van der Waals surface area contributed by atoms with Gasteiger partial charge >= 0.3 is 6.01 Å². The number of ether oxygens (including phenoxy) is 1. The van der Waals surface area contributed by atoms with Gasteiger partial charge < -0.3 is 24.5 Å². The second-order valence-electron chi connectivity index (χ2n) is 16.2.